The van der Waals surface area contributed by atoms with E-state index in [1.54, 1.807) is 43.7 Å². The smallest absolute Gasteiger partial charge is 0.343 e. The van der Waals surface area contributed by atoms with Gasteiger partial charge in [0.1, 0.15) is 11.5 Å². The Morgan fingerprint density at radius 2 is 1.51 bits per heavy atom. The number of carbonyl (C=O) groups is 2. The van der Waals surface area contributed by atoms with Gasteiger partial charge in [-0.05, 0) is 47.5 Å². The number of nitrogens with one attached hydrogen (secondary N) is 1. The first-order valence-corrected chi connectivity index (χ1v) is 13.3. The number of fused-ring (bicyclic) bond motifs is 1. The second-order valence-corrected chi connectivity index (χ2v) is 9.19. The molecular formula is C31H38N2O4. The fourth-order valence-corrected chi connectivity index (χ4v) is 4.20. The van der Waals surface area contributed by atoms with Crippen LogP contribution in [-0.4, -0.2) is 25.2 Å². The Bertz CT molecular complexity index is 1170. The van der Waals surface area contributed by atoms with E-state index in [-0.39, 0.29) is 5.91 Å². The van der Waals surface area contributed by atoms with Crippen molar-refractivity contribution >= 4 is 28.9 Å². The number of unbranched alkanes of at least 4 members (excludes halogenated alkanes) is 8. The highest BCUT2D eigenvalue weighted by Gasteiger charge is 2.14. The molecule has 1 amide bonds. The number of hydrogen-bond acceptors (Lipinski definition) is 5. The van der Waals surface area contributed by atoms with Gasteiger partial charge in [0.15, 0.2) is 0 Å². The summed E-state index contributed by atoms with van der Waals surface area (Å²) in [5, 5.41) is 6.03. The molecule has 37 heavy (non-hydrogen) atoms. The quantitative estimate of drug-likeness (QED) is 0.0770. The first kappa shape index (κ1) is 27.9. The van der Waals surface area contributed by atoms with E-state index >= 15 is 0 Å². The molecule has 3 aromatic carbocycles. The van der Waals surface area contributed by atoms with Crippen molar-refractivity contribution < 1.29 is 19.1 Å². The molecule has 0 radical (unpaired) electrons. The van der Waals surface area contributed by atoms with E-state index in [9.17, 15) is 9.59 Å². The van der Waals surface area contributed by atoms with E-state index in [0.717, 1.165) is 23.6 Å². The minimum Gasteiger partial charge on any atom is -0.497 e. The number of benzene rings is 3. The van der Waals surface area contributed by atoms with Crippen LogP contribution in [0.2, 0.25) is 0 Å². The van der Waals surface area contributed by atoms with E-state index in [1.807, 2.05) is 30.3 Å². The maximum Gasteiger partial charge on any atom is 0.343 e. The zero-order valence-electron chi connectivity index (χ0n) is 22.0. The van der Waals surface area contributed by atoms with Gasteiger partial charge in [0, 0.05) is 12.0 Å². The topological polar surface area (TPSA) is 77.0 Å². The molecule has 1 N–H and O–H groups in total. The van der Waals surface area contributed by atoms with E-state index < -0.39 is 5.97 Å². The summed E-state index contributed by atoms with van der Waals surface area (Å²) in [6, 6.07) is 18.1. The standard InChI is InChI=1S/C31H38N2O4/c1-3-4-5-6-7-8-9-10-11-16-30(34)33-32-23-28-27-15-13-12-14-24(27)19-22-29(28)37-31(35)25-17-20-26(36-2)21-18-25/h12-15,17-23H,3-11,16H2,1-2H3,(H,33,34). The predicted octanol–water partition coefficient (Wildman–Crippen LogP) is 7.44. The molecule has 0 spiro atoms. The predicted molar refractivity (Wildman–Crippen MR) is 149 cm³/mol. The molecule has 0 atom stereocenters. The van der Waals surface area contributed by atoms with Crippen LogP contribution in [0.25, 0.3) is 10.8 Å². The molecule has 0 bridgehead atoms. The molecule has 3 aromatic rings. The third kappa shape index (κ3) is 9.05. The third-order valence-corrected chi connectivity index (χ3v) is 6.35. The summed E-state index contributed by atoms with van der Waals surface area (Å²) in [7, 11) is 1.57. The van der Waals surface area contributed by atoms with Crippen LogP contribution < -0.4 is 14.9 Å². The summed E-state index contributed by atoms with van der Waals surface area (Å²) in [6.07, 6.45) is 12.8. The number of rotatable bonds is 15. The van der Waals surface area contributed by atoms with Gasteiger partial charge >= 0.3 is 5.97 Å². The number of esters is 1. The van der Waals surface area contributed by atoms with Gasteiger partial charge in [-0.1, -0.05) is 88.6 Å². The van der Waals surface area contributed by atoms with Crippen LogP contribution in [0.15, 0.2) is 65.8 Å². The highest BCUT2D eigenvalue weighted by Crippen LogP contribution is 2.27. The molecule has 0 unspecified atom stereocenters. The minimum absolute atomic E-state index is 0.115. The van der Waals surface area contributed by atoms with Crippen LogP contribution in [0.1, 0.15) is 87.1 Å². The fraction of sp³-hybridized carbons (Fsp3) is 0.387. The van der Waals surface area contributed by atoms with Gasteiger partial charge in [0.25, 0.3) is 0 Å². The Hall–Kier alpha value is -3.67. The molecule has 0 fully saturated rings. The number of ether oxygens (including phenoxy) is 2. The fourth-order valence-electron chi connectivity index (χ4n) is 4.20. The molecule has 196 valence electrons. The lowest BCUT2D eigenvalue weighted by atomic mass is 10.0. The number of nitrogens with zero attached hydrogens (tertiary/aromatic N) is 1. The van der Waals surface area contributed by atoms with E-state index in [4.69, 9.17) is 9.47 Å². The van der Waals surface area contributed by atoms with E-state index in [0.29, 0.717) is 29.0 Å². The Morgan fingerprint density at radius 1 is 0.838 bits per heavy atom. The van der Waals surface area contributed by atoms with Crippen molar-refractivity contribution in [3.63, 3.8) is 0 Å². The van der Waals surface area contributed by atoms with Crippen molar-refractivity contribution in [2.24, 2.45) is 5.10 Å². The molecular weight excluding hydrogens is 464 g/mol. The number of methoxy groups -OCH3 is 1. The molecule has 0 aliphatic carbocycles. The third-order valence-electron chi connectivity index (χ3n) is 6.35. The summed E-state index contributed by atoms with van der Waals surface area (Å²) in [4.78, 5) is 25.0. The molecule has 3 rings (SSSR count). The van der Waals surface area contributed by atoms with Crippen molar-refractivity contribution in [1.82, 2.24) is 5.43 Å². The first-order chi connectivity index (χ1) is 18.1. The van der Waals surface area contributed by atoms with Crippen molar-refractivity contribution in [2.75, 3.05) is 7.11 Å². The lowest BCUT2D eigenvalue weighted by Gasteiger charge is -2.11. The van der Waals surface area contributed by atoms with E-state index in [2.05, 4.69) is 17.5 Å². The van der Waals surface area contributed by atoms with Gasteiger partial charge < -0.3 is 9.47 Å². The van der Waals surface area contributed by atoms with Crippen LogP contribution in [0, 0.1) is 0 Å². The number of hydrazone groups is 1. The van der Waals surface area contributed by atoms with Gasteiger partial charge in [0.05, 0.1) is 18.9 Å². The van der Waals surface area contributed by atoms with Crippen LogP contribution in [0.5, 0.6) is 11.5 Å². The Labute approximate surface area is 220 Å². The highest BCUT2D eigenvalue weighted by molar-refractivity contribution is 6.04. The SMILES string of the molecule is CCCCCCCCCCCC(=O)NN=Cc1c(OC(=O)c2ccc(OC)cc2)ccc2ccccc12. The van der Waals surface area contributed by atoms with E-state index in [1.165, 1.54) is 44.9 Å². The van der Waals surface area contributed by atoms with Crippen LogP contribution in [0.3, 0.4) is 0 Å². The Morgan fingerprint density at radius 3 is 2.22 bits per heavy atom. The van der Waals surface area contributed by atoms with Crippen molar-refractivity contribution in [1.29, 1.82) is 0 Å². The highest BCUT2D eigenvalue weighted by atomic mass is 16.5. The molecule has 0 saturated heterocycles. The molecule has 6 nitrogen and oxygen atoms in total. The second kappa shape index (κ2) is 15.4. The monoisotopic (exact) mass is 502 g/mol. The molecule has 0 aliphatic rings. The summed E-state index contributed by atoms with van der Waals surface area (Å²) < 4.78 is 10.9. The Kier molecular flexibility index (Phi) is 11.6. The minimum atomic E-state index is -0.484. The lowest BCUT2D eigenvalue weighted by molar-refractivity contribution is -0.121. The zero-order chi connectivity index (χ0) is 26.3. The molecule has 0 aromatic heterocycles. The molecule has 0 aliphatic heterocycles. The van der Waals surface area contributed by atoms with Crippen LogP contribution in [-0.2, 0) is 4.79 Å². The Balaban J connectivity index is 1.56. The number of hydrogen-bond donors (Lipinski definition) is 1. The second-order valence-electron chi connectivity index (χ2n) is 9.19. The lowest BCUT2D eigenvalue weighted by Crippen LogP contribution is -2.17. The van der Waals surface area contributed by atoms with Crippen molar-refractivity contribution in [2.45, 2.75) is 71.1 Å². The number of amides is 1. The van der Waals surface area contributed by atoms with Gasteiger partial charge in [-0.25, -0.2) is 10.2 Å². The largest absolute Gasteiger partial charge is 0.497 e. The molecule has 0 heterocycles. The van der Waals surface area contributed by atoms with Crippen LogP contribution in [0.4, 0.5) is 0 Å². The van der Waals surface area contributed by atoms with Gasteiger partial charge in [0.2, 0.25) is 5.91 Å². The summed E-state index contributed by atoms with van der Waals surface area (Å²) >= 11 is 0. The average molecular weight is 503 g/mol. The zero-order valence-corrected chi connectivity index (χ0v) is 22.0. The average Bonchev–Trinajstić information content (AvgIpc) is 2.93. The summed E-state index contributed by atoms with van der Waals surface area (Å²) in [5.74, 6) is 0.433. The molecule has 0 saturated carbocycles. The maximum atomic E-state index is 12.8. The molecule has 6 heteroatoms. The van der Waals surface area contributed by atoms with Gasteiger partial charge in [-0.3, -0.25) is 4.79 Å². The van der Waals surface area contributed by atoms with Gasteiger partial charge in [-0.15, -0.1) is 0 Å². The van der Waals surface area contributed by atoms with Gasteiger partial charge in [-0.2, -0.15) is 5.10 Å². The van der Waals surface area contributed by atoms with Crippen molar-refractivity contribution in [3.05, 3.63) is 71.8 Å². The van der Waals surface area contributed by atoms with Crippen molar-refractivity contribution in [3.8, 4) is 11.5 Å². The summed E-state index contributed by atoms with van der Waals surface area (Å²) in [6.45, 7) is 2.23. The number of carbonyl (C=O) groups excluding carboxylic acids is 2. The first-order valence-electron chi connectivity index (χ1n) is 13.3. The normalized spacial score (nSPS) is 11.1. The maximum absolute atomic E-state index is 12.8. The van der Waals surface area contributed by atoms with Crippen LogP contribution >= 0.6 is 0 Å². The summed E-state index contributed by atoms with van der Waals surface area (Å²) in [5.41, 5.74) is 3.66.